The molecular formula is C14H18F2N2. The molecule has 4 heteroatoms. The minimum absolute atomic E-state index is 0.406. The lowest BCUT2D eigenvalue weighted by molar-refractivity contribution is 0.502. The molecule has 0 bridgehead atoms. The molecule has 0 aromatic heterocycles. The summed E-state index contributed by atoms with van der Waals surface area (Å²) in [6, 6.07) is 5.12. The van der Waals surface area contributed by atoms with Crippen molar-refractivity contribution < 1.29 is 8.78 Å². The Bertz CT molecular complexity index is 432. The van der Waals surface area contributed by atoms with Crippen LogP contribution >= 0.6 is 0 Å². The normalized spacial score (nSPS) is 23.7. The summed E-state index contributed by atoms with van der Waals surface area (Å²) in [5, 5.41) is 3.50. The molecule has 1 N–H and O–H groups in total. The fraction of sp³-hybridized carbons (Fsp3) is 0.571. The van der Waals surface area contributed by atoms with Crippen LogP contribution in [0.3, 0.4) is 0 Å². The molecule has 2 aliphatic rings. The molecule has 3 rings (SSSR count). The summed E-state index contributed by atoms with van der Waals surface area (Å²) >= 11 is 0. The van der Waals surface area contributed by atoms with E-state index in [0.717, 1.165) is 26.1 Å². The zero-order valence-electron chi connectivity index (χ0n) is 10.3. The predicted molar refractivity (Wildman–Crippen MR) is 67.7 cm³/mol. The third kappa shape index (κ3) is 2.48. The van der Waals surface area contributed by atoms with Gasteiger partial charge >= 0.3 is 0 Å². The highest BCUT2D eigenvalue weighted by atomic mass is 19.2. The molecule has 1 atom stereocenters. The molecule has 2 fully saturated rings. The summed E-state index contributed by atoms with van der Waals surface area (Å²) in [5.74, 6) is -0.923. The molecule has 1 heterocycles. The van der Waals surface area contributed by atoms with Crippen LogP contribution in [0, 0.1) is 17.6 Å². The van der Waals surface area contributed by atoms with Gasteiger partial charge in [-0.2, -0.15) is 0 Å². The molecule has 1 aromatic carbocycles. The van der Waals surface area contributed by atoms with Crippen molar-refractivity contribution in [3.8, 4) is 0 Å². The Kier molecular flexibility index (Phi) is 3.20. The second-order valence-corrected chi connectivity index (χ2v) is 5.36. The van der Waals surface area contributed by atoms with Gasteiger partial charge in [0.2, 0.25) is 0 Å². The van der Waals surface area contributed by atoms with E-state index in [2.05, 4.69) is 5.32 Å². The minimum atomic E-state index is -0.757. The van der Waals surface area contributed by atoms with Crippen molar-refractivity contribution in [2.45, 2.75) is 25.3 Å². The Labute approximate surface area is 106 Å². The summed E-state index contributed by atoms with van der Waals surface area (Å²) in [6.45, 7) is 2.63. The van der Waals surface area contributed by atoms with Gasteiger partial charge in [-0.3, -0.25) is 0 Å². The fourth-order valence-corrected chi connectivity index (χ4v) is 2.58. The van der Waals surface area contributed by atoms with Gasteiger partial charge in [-0.1, -0.05) is 6.07 Å². The maximum atomic E-state index is 13.7. The first-order valence-corrected chi connectivity index (χ1v) is 6.66. The highest BCUT2D eigenvalue weighted by molar-refractivity contribution is 5.49. The van der Waals surface area contributed by atoms with Gasteiger partial charge in [0.15, 0.2) is 11.6 Å². The number of benzene rings is 1. The molecule has 0 amide bonds. The highest BCUT2D eigenvalue weighted by Gasteiger charge is 2.27. The molecule has 18 heavy (non-hydrogen) atoms. The third-order valence-electron chi connectivity index (χ3n) is 3.83. The Morgan fingerprint density at radius 2 is 2.06 bits per heavy atom. The van der Waals surface area contributed by atoms with E-state index in [1.165, 1.54) is 18.9 Å². The molecule has 0 radical (unpaired) electrons. The van der Waals surface area contributed by atoms with E-state index < -0.39 is 11.6 Å². The number of hydrogen-bond acceptors (Lipinski definition) is 2. The van der Waals surface area contributed by atoms with Crippen molar-refractivity contribution in [2.75, 3.05) is 24.5 Å². The first-order chi connectivity index (χ1) is 8.74. The molecule has 1 unspecified atom stereocenters. The van der Waals surface area contributed by atoms with E-state index in [1.807, 2.05) is 4.90 Å². The largest absolute Gasteiger partial charge is 0.369 e. The third-order valence-corrected chi connectivity index (χ3v) is 3.83. The second kappa shape index (κ2) is 4.84. The Balaban J connectivity index is 1.61. The number of halogens is 2. The van der Waals surface area contributed by atoms with Gasteiger partial charge in [-0.15, -0.1) is 0 Å². The lowest BCUT2D eigenvalue weighted by Crippen LogP contribution is -2.28. The van der Waals surface area contributed by atoms with E-state index >= 15 is 0 Å². The minimum Gasteiger partial charge on any atom is -0.369 e. The maximum Gasteiger partial charge on any atom is 0.182 e. The summed E-state index contributed by atoms with van der Waals surface area (Å²) in [5.41, 5.74) is 0.406. The molecule has 1 aliphatic carbocycles. The number of nitrogens with zero attached hydrogens (tertiary/aromatic N) is 1. The van der Waals surface area contributed by atoms with Crippen LogP contribution in [-0.2, 0) is 0 Å². The first kappa shape index (κ1) is 11.9. The highest BCUT2D eigenvalue weighted by Crippen LogP contribution is 2.28. The summed E-state index contributed by atoms with van der Waals surface area (Å²) < 4.78 is 26.9. The van der Waals surface area contributed by atoms with Gasteiger partial charge in [0.05, 0.1) is 5.69 Å². The van der Waals surface area contributed by atoms with Crippen molar-refractivity contribution in [1.29, 1.82) is 0 Å². The van der Waals surface area contributed by atoms with Crippen LogP contribution in [0.2, 0.25) is 0 Å². The van der Waals surface area contributed by atoms with Crippen LogP contribution in [0.25, 0.3) is 0 Å². The zero-order chi connectivity index (χ0) is 12.5. The van der Waals surface area contributed by atoms with Crippen LogP contribution in [0.4, 0.5) is 14.5 Å². The summed E-state index contributed by atoms with van der Waals surface area (Å²) in [7, 11) is 0. The topological polar surface area (TPSA) is 15.3 Å². The van der Waals surface area contributed by atoms with Crippen LogP contribution in [0.1, 0.15) is 19.3 Å². The van der Waals surface area contributed by atoms with Gasteiger partial charge in [-0.05, 0) is 43.9 Å². The molecule has 0 spiro atoms. The van der Waals surface area contributed by atoms with Gasteiger partial charge in [-0.25, -0.2) is 8.78 Å². The number of anilines is 1. The lowest BCUT2D eigenvalue weighted by Gasteiger charge is -2.19. The molecule has 1 aromatic rings. The van der Waals surface area contributed by atoms with Crippen LogP contribution in [-0.4, -0.2) is 25.7 Å². The number of hydrogen-bond donors (Lipinski definition) is 1. The molecule has 98 valence electrons. The average molecular weight is 252 g/mol. The second-order valence-electron chi connectivity index (χ2n) is 5.36. The van der Waals surface area contributed by atoms with Crippen LogP contribution in [0.15, 0.2) is 18.2 Å². The van der Waals surface area contributed by atoms with E-state index in [9.17, 15) is 8.78 Å². The van der Waals surface area contributed by atoms with Crippen molar-refractivity contribution in [1.82, 2.24) is 5.32 Å². The lowest BCUT2D eigenvalue weighted by atomic mass is 10.1. The Morgan fingerprint density at radius 3 is 2.83 bits per heavy atom. The van der Waals surface area contributed by atoms with E-state index in [4.69, 9.17) is 0 Å². The Morgan fingerprint density at radius 1 is 1.22 bits per heavy atom. The zero-order valence-corrected chi connectivity index (χ0v) is 10.3. The van der Waals surface area contributed by atoms with Gasteiger partial charge in [0, 0.05) is 19.1 Å². The maximum absolute atomic E-state index is 13.7. The smallest absolute Gasteiger partial charge is 0.182 e. The van der Waals surface area contributed by atoms with Gasteiger partial charge in [0.1, 0.15) is 0 Å². The fourth-order valence-electron chi connectivity index (χ4n) is 2.58. The summed E-state index contributed by atoms with van der Waals surface area (Å²) in [6.07, 6.45) is 3.62. The van der Waals surface area contributed by atoms with Crippen molar-refractivity contribution in [2.24, 2.45) is 5.92 Å². The number of nitrogens with one attached hydrogen (secondary N) is 1. The van der Waals surface area contributed by atoms with Crippen LogP contribution < -0.4 is 10.2 Å². The van der Waals surface area contributed by atoms with E-state index in [0.29, 0.717) is 17.6 Å². The average Bonchev–Trinajstić information content (AvgIpc) is 3.08. The first-order valence-electron chi connectivity index (χ1n) is 6.66. The van der Waals surface area contributed by atoms with Gasteiger partial charge in [0.25, 0.3) is 0 Å². The SMILES string of the molecule is Fc1cccc(N2CCC(CNC3CC3)C2)c1F. The van der Waals surface area contributed by atoms with Gasteiger partial charge < -0.3 is 10.2 Å². The van der Waals surface area contributed by atoms with Crippen molar-refractivity contribution >= 4 is 5.69 Å². The van der Waals surface area contributed by atoms with Crippen molar-refractivity contribution in [3.63, 3.8) is 0 Å². The standard InChI is InChI=1S/C14H18F2N2/c15-12-2-1-3-13(14(12)16)18-7-6-10(9-18)8-17-11-4-5-11/h1-3,10-11,17H,4-9H2. The molecular weight excluding hydrogens is 234 g/mol. The van der Waals surface area contributed by atoms with E-state index in [-0.39, 0.29) is 0 Å². The van der Waals surface area contributed by atoms with E-state index in [1.54, 1.807) is 12.1 Å². The molecule has 2 nitrogen and oxygen atoms in total. The molecule has 1 saturated carbocycles. The monoisotopic (exact) mass is 252 g/mol. The predicted octanol–water partition coefficient (Wildman–Crippen LogP) is 2.54. The Hall–Kier alpha value is -1.16. The molecule has 1 aliphatic heterocycles. The van der Waals surface area contributed by atoms with Crippen LogP contribution in [0.5, 0.6) is 0 Å². The quantitative estimate of drug-likeness (QED) is 0.886. The summed E-state index contributed by atoms with van der Waals surface area (Å²) in [4.78, 5) is 1.96. The molecule has 1 saturated heterocycles. The van der Waals surface area contributed by atoms with Crippen molar-refractivity contribution in [3.05, 3.63) is 29.8 Å². The number of rotatable bonds is 4.